The summed E-state index contributed by atoms with van der Waals surface area (Å²) in [7, 11) is 0. The molecule has 2 unspecified atom stereocenters. The Morgan fingerprint density at radius 3 is 2.19 bits per heavy atom. The molecule has 0 aliphatic rings. The van der Waals surface area contributed by atoms with Crippen LogP contribution >= 0.6 is 0 Å². The first-order valence-electron chi connectivity index (χ1n) is 14.6. The van der Waals surface area contributed by atoms with Crippen molar-refractivity contribution < 1.29 is 38.6 Å². The number of phenols is 1. The van der Waals surface area contributed by atoms with E-state index in [9.17, 15) is 29.1 Å². The number of esters is 1. The Balaban J connectivity index is 3.44. The van der Waals surface area contributed by atoms with Crippen LogP contribution < -0.4 is 16.4 Å². The van der Waals surface area contributed by atoms with Gasteiger partial charge < -0.3 is 35.8 Å². The number of primary amides is 1. The van der Waals surface area contributed by atoms with E-state index in [-0.39, 0.29) is 44.7 Å². The second kappa shape index (κ2) is 18.6. The van der Waals surface area contributed by atoms with Crippen LogP contribution in [0.5, 0.6) is 5.75 Å². The minimum atomic E-state index is -1.21. The lowest BCUT2D eigenvalue weighted by Gasteiger charge is -2.34. The molecule has 42 heavy (non-hydrogen) atoms. The Morgan fingerprint density at radius 1 is 0.976 bits per heavy atom. The third-order valence-electron chi connectivity index (χ3n) is 6.16. The normalized spacial score (nSPS) is 12.5. The Kier molecular flexibility index (Phi) is 16.0. The zero-order valence-electron chi connectivity index (χ0n) is 25.6. The van der Waals surface area contributed by atoms with Gasteiger partial charge in [0.1, 0.15) is 23.4 Å². The molecule has 1 aromatic carbocycles. The average molecular weight is 593 g/mol. The molecule has 4 amide bonds. The fourth-order valence-corrected chi connectivity index (χ4v) is 4.19. The fraction of sp³-hybridized carbons (Fsp3) is 0.633. The largest absolute Gasteiger partial charge is 0.508 e. The number of nitrogens with zero attached hydrogens (tertiary/aromatic N) is 1. The van der Waals surface area contributed by atoms with E-state index >= 15 is 0 Å². The van der Waals surface area contributed by atoms with Gasteiger partial charge in [0.05, 0.1) is 13.0 Å². The van der Waals surface area contributed by atoms with Gasteiger partial charge in [-0.15, -0.1) is 0 Å². The lowest BCUT2D eigenvalue weighted by molar-refractivity contribution is -0.144. The van der Waals surface area contributed by atoms with Crippen LogP contribution in [-0.2, 0) is 28.7 Å². The number of phenolic OH excluding ortho intramolecular Hbond substituents is 1. The highest BCUT2D eigenvalue weighted by molar-refractivity contribution is 5.92. The second-order valence-electron chi connectivity index (χ2n) is 11.0. The number of hydrogen-bond donors (Lipinski definition) is 4. The summed E-state index contributed by atoms with van der Waals surface area (Å²) >= 11 is 0. The molecule has 0 heterocycles. The third-order valence-corrected chi connectivity index (χ3v) is 6.16. The zero-order chi connectivity index (χ0) is 31.7. The number of ether oxygens (including phenoxy) is 2. The predicted octanol–water partition coefficient (Wildman–Crippen LogP) is 3.46. The smallest absolute Gasteiger partial charge is 0.408 e. The predicted molar refractivity (Wildman–Crippen MR) is 157 cm³/mol. The number of aromatic hydroxyl groups is 1. The highest BCUT2D eigenvalue weighted by atomic mass is 16.6. The molecule has 236 valence electrons. The van der Waals surface area contributed by atoms with Gasteiger partial charge in [0.25, 0.3) is 0 Å². The van der Waals surface area contributed by atoms with Crippen molar-refractivity contribution in [2.75, 3.05) is 19.7 Å². The van der Waals surface area contributed by atoms with E-state index in [1.807, 2.05) is 0 Å². The molecule has 1 rings (SSSR count). The van der Waals surface area contributed by atoms with Gasteiger partial charge in [-0.2, -0.15) is 0 Å². The van der Waals surface area contributed by atoms with Crippen LogP contribution in [0.15, 0.2) is 24.3 Å². The minimum Gasteiger partial charge on any atom is -0.508 e. The highest BCUT2D eigenvalue weighted by Crippen LogP contribution is 2.26. The molecule has 0 saturated carbocycles. The van der Waals surface area contributed by atoms with Crippen molar-refractivity contribution in [2.45, 2.75) is 104 Å². The van der Waals surface area contributed by atoms with Crippen molar-refractivity contribution in [1.82, 2.24) is 15.5 Å². The first kappa shape index (κ1) is 36.2. The van der Waals surface area contributed by atoms with Gasteiger partial charge in [-0.3, -0.25) is 19.2 Å². The number of carbonyl (C=O) groups is 5. The van der Waals surface area contributed by atoms with Crippen LogP contribution in [0, 0.1) is 0 Å². The third kappa shape index (κ3) is 14.2. The lowest BCUT2D eigenvalue weighted by atomic mass is 10.0. The number of alkyl carbamates (subject to hydrolysis) is 1. The van der Waals surface area contributed by atoms with Crippen molar-refractivity contribution in [3.8, 4) is 5.75 Å². The quantitative estimate of drug-likeness (QED) is 0.148. The van der Waals surface area contributed by atoms with E-state index in [0.717, 1.165) is 25.7 Å². The number of hydrogen-bond acceptors (Lipinski definition) is 8. The Hall–Kier alpha value is -3.83. The van der Waals surface area contributed by atoms with Crippen molar-refractivity contribution in [1.29, 1.82) is 0 Å². The van der Waals surface area contributed by atoms with Gasteiger partial charge >= 0.3 is 12.1 Å². The minimum absolute atomic E-state index is 0.0218. The van der Waals surface area contributed by atoms with Crippen LogP contribution in [0.2, 0.25) is 0 Å². The number of nitrogens with two attached hydrogens (primary N) is 1. The maximum atomic E-state index is 14.1. The van der Waals surface area contributed by atoms with Gasteiger partial charge in [-0.25, -0.2) is 4.79 Å². The van der Waals surface area contributed by atoms with Crippen LogP contribution in [0.3, 0.4) is 0 Å². The van der Waals surface area contributed by atoms with Gasteiger partial charge in [-0.1, -0.05) is 44.7 Å². The van der Waals surface area contributed by atoms with Gasteiger partial charge in [0.2, 0.25) is 17.7 Å². The molecule has 0 radical (unpaired) electrons. The van der Waals surface area contributed by atoms with E-state index in [1.165, 1.54) is 29.2 Å². The lowest BCUT2D eigenvalue weighted by Crippen LogP contribution is -2.53. The summed E-state index contributed by atoms with van der Waals surface area (Å²) in [6.45, 7) is 9.16. The van der Waals surface area contributed by atoms with Crippen LogP contribution in [0.1, 0.15) is 97.6 Å². The molecular formula is C30H48N4O8. The molecule has 2 atom stereocenters. The maximum Gasteiger partial charge on any atom is 0.408 e. The molecular weight excluding hydrogens is 544 g/mol. The molecule has 12 heteroatoms. The SMILES string of the molecule is CCCCCCCN(C(=O)C(CCC(N)=O)NC(=O)OC(C)(C)C)C(C(=O)NCCC(=O)OCC)c1ccc(O)cc1. The standard InChI is InChI=1S/C30H48N4O8/c1-6-8-9-10-11-20-34(28(39)23(16-17-24(31)36)33-29(40)42-30(3,4)5)26(21-12-14-22(35)15-13-21)27(38)32-19-18-25(37)41-7-2/h12-15,23,26,35H,6-11,16-20H2,1-5H3,(H2,31,36)(H,32,38)(H,33,40). The van der Waals surface area contributed by atoms with E-state index in [0.29, 0.717) is 12.0 Å². The molecule has 0 bridgehead atoms. The number of nitrogens with one attached hydrogen (secondary N) is 2. The molecule has 5 N–H and O–H groups in total. The van der Waals surface area contributed by atoms with Crippen molar-refractivity contribution >= 4 is 29.8 Å². The number of carbonyl (C=O) groups excluding carboxylic acids is 5. The molecule has 0 fully saturated rings. The topological polar surface area (TPSA) is 177 Å². The van der Waals surface area contributed by atoms with Gasteiger partial charge in [0.15, 0.2) is 0 Å². The average Bonchev–Trinajstić information content (AvgIpc) is 2.89. The van der Waals surface area contributed by atoms with Crippen molar-refractivity contribution in [3.05, 3.63) is 29.8 Å². The molecule has 0 spiro atoms. The molecule has 0 aliphatic carbocycles. The summed E-state index contributed by atoms with van der Waals surface area (Å²) in [6.07, 6.45) is 3.15. The van der Waals surface area contributed by atoms with E-state index in [4.69, 9.17) is 15.2 Å². The maximum absolute atomic E-state index is 14.1. The van der Waals surface area contributed by atoms with E-state index in [2.05, 4.69) is 17.6 Å². The highest BCUT2D eigenvalue weighted by Gasteiger charge is 2.36. The molecule has 12 nitrogen and oxygen atoms in total. The van der Waals surface area contributed by atoms with E-state index in [1.54, 1.807) is 27.7 Å². The van der Waals surface area contributed by atoms with E-state index < -0.39 is 47.5 Å². The first-order chi connectivity index (χ1) is 19.8. The summed E-state index contributed by atoms with van der Waals surface area (Å²) in [5.74, 6) is -2.31. The van der Waals surface area contributed by atoms with Crippen LogP contribution in [0.25, 0.3) is 0 Å². The van der Waals surface area contributed by atoms with Crippen LogP contribution in [0.4, 0.5) is 4.79 Å². The first-order valence-corrected chi connectivity index (χ1v) is 14.6. The Morgan fingerprint density at radius 2 is 1.62 bits per heavy atom. The second-order valence-corrected chi connectivity index (χ2v) is 11.0. The van der Waals surface area contributed by atoms with Crippen LogP contribution in [-0.4, -0.2) is 71.1 Å². The van der Waals surface area contributed by atoms with Gasteiger partial charge in [-0.05, 0) is 58.2 Å². The zero-order valence-corrected chi connectivity index (χ0v) is 25.6. The Bertz CT molecular complexity index is 1020. The van der Waals surface area contributed by atoms with Gasteiger partial charge in [0, 0.05) is 19.5 Å². The summed E-state index contributed by atoms with van der Waals surface area (Å²) in [6, 6.07) is 3.49. The molecule has 0 aromatic heterocycles. The number of amides is 4. The van der Waals surface area contributed by atoms with Crippen molar-refractivity contribution in [3.63, 3.8) is 0 Å². The monoisotopic (exact) mass is 592 g/mol. The number of benzene rings is 1. The summed E-state index contributed by atoms with van der Waals surface area (Å²) in [5, 5.41) is 15.1. The Labute approximate surface area is 248 Å². The number of rotatable bonds is 18. The molecule has 0 saturated heterocycles. The summed E-state index contributed by atoms with van der Waals surface area (Å²) in [4.78, 5) is 65.3. The summed E-state index contributed by atoms with van der Waals surface area (Å²) < 4.78 is 10.3. The fourth-order valence-electron chi connectivity index (χ4n) is 4.19. The van der Waals surface area contributed by atoms with Crippen molar-refractivity contribution in [2.24, 2.45) is 5.73 Å². The summed E-state index contributed by atoms with van der Waals surface area (Å²) in [5.41, 5.74) is 4.93. The molecule has 1 aromatic rings. The number of unbranched alkanes of at least 4 members (excludes halogenated alkanes) is 4. The molecule has 0 aliphatic heterocycles.